The maximum atomic E-state index is 5.88. The maximum Gasteiger partial charge on any atom is 0.0197 e. The van der Waals surface area contributed by atoms with Gasteiger partial charge in [-0.2, -0.15) is 0 Å². The molecule has 0 aromatic carbocycles. The van der Waals surface area contributed by atoms with E-state index in [1.54, 1.807) is 0 Å². The molecule has 3 aliphatic rings. The van der Waals surface area contributed by atoms with Gasteiger partial charge in [-0.15, -0.1) is 12.4 Å². The van der Waals surface area contributed by atoms with E-state index in [2.05, 4.69) is 4.90 Å². The highest BCUT2D eigenvalue weighted by molar-refractivity contribution is 5.85. The average Bonchev–Trinajstić information content (AvgIpc) is 1.90. The van der Waals surface area contributed by atoms with Crippen LogP contribution in [0.25, 0.3) is 0 Å². The van der Waals surface area contributed by atoms with Gasteiger partial charge in [-0.3, -0.25) is 0 Å². The Morgan fingerprint density at radius 1 is 1.20 bits per heavy atom. The van der Waals surface area contributed by atoms with E-state index < -0.39 is 0 Å². The lowest BCUT2D eigenvalue weighted by atomic mass is 9.85. The molecule has 0 aliphatic carbocycles. The SMILES string of the molecule is Cl.N[C@H]1CN2CCC1CC2. The smallest absolute Gasteiger partial charge is 0.0197 e. The Labute approximate surface area is 68.2 Å². The van der Waals surface area contributed by atoms with Crippen molar-refractivity contribution in [1.82, 2.24) is 4.90 Å². The minimum atomic E-state index is 0. The molecule has 3 aliphatic heterocycles. The highest BCUT2D eigenvalue weighted by Crippen LogP contribution is 2.25. The van der Waals surface area contributed by atoms with Gasteiger partial charge in [0.25, 0.3) is 0 Å². The zero-order valence-electron chi connectivity index (χ0n) is 6.12. The lowest BCUT2D eigenvalue weighted by Crippen LogP contribution is -2.54. The summed E-state index contributed by atoms with van der Waals surface area (Å²) in [5.41, 5.74) is 5.88. The van der Waals surface area contributed by atoms with Crippen LogP contribution < -0.4 is 5.73 Å². The van der Waals surface area contributed by atoms with Crippen LogP contribution in [0.1, 0.15) is 12.8 Å². The number of nitrogens with two attached hydrogens (primary N) is 1. The monoisotopic (exact) mass is 162 g/mol. The summed E-state index contributed by atoms with van der Waals surface area (Å²) >= 11 is 0. The summed E-state index contributed by atoms with van der Waals surface area (Å²) < 4.78 is 0. The van der Waals surface area contributed by atoms with Crippen molar-refractivity contribution in [3.05, 3.63) is 0 Å². The third kappa shape index (κ3) is 1.29. The van der Waals surface area contributed by atoms with Gasteiger partial charge in [0.1, 0.15) is 0 Å². The van der Waals surface area contributed by atoms with Crippen molar-refractivity contribution < 1.29 is 0 Å². The largest absolute Gasteiger partial charge is 0.326 e. The number of nitrogens with zero attached hydrogens (tertiary/aromatic N) is 1. The van der Waals surface area contributed by atoms with Crippen LogP contribution in [0.4, 0.5) is 0 Å². The number of hydrogen-bond acceptors (Lipinski definition) is 2. The molecule has 10 heavy (non-hydrogen) atoms. The van der Waals surface area contributed by atoms with Gasteiger partial charge < -0.3 is 10.6 Å². The Hall–Kier alpha value is 0.210. The van der Waals surface area contributed by atoms with Crippen LogP contribution in [0.15, 0.2) is 0 Å². The third-order valence-corrected chi connectivity index (χ3v) is 2.71. The van der Waals surface area contributed by atoms with Gasteiger partial charge in [0, 0.05) is 12.6 Å². The summed E-state index contributed by atoms with van der Waals surface area (Å²) in [5, 5.41) is 0. The van der Waals surface area contributed by atoms with Gasteiger partial charge >= 0.3 is 0 Å². The first-order valence-corrected chi connectivity index (χ1v) is 3.84. The molecule has 2 nitrogen and oxygen atoms in total. The molecule has 3 fully saturated rings. The second-order valence-corrected chi connectivity index (χ2v) is 3.30. The molecule has 3 heterocycles. The molecular weight excluding hydrogens is 148 g/mol. The average molecular weight is 163 g/mol. The van der Waals surface area contributed by atoms with Crippen LogP contribution in [0, 0.1) is 5.92 Å². The number of piperidine rings is 3. The standard InChI is InChI=1S/C7H14N2.ClH/c8-7-5-9-3-1-6(7)2-4-9;/h6-7H,1-5,8H2;1H/t7-;/m0./s1. The highest BCUT2D eigenvalue weighted by atomic mass is 35.5. The zero-order valence-corrected chi connectivity index (χ0v) is 6.94. The Morgan fingerprint density at radius 3 is 2.00 bits per heavy atom. The Morgan fingerprint density at radius 2 is 1.80 bits per heavy atom. The summed E-state index contributed by atoms with van der Waals surface area (Å²) in [6.07, 6.45) is 2.70. The fourth-order valence-corrected chi connectivity index (χ4v) is 2.01. The zero-order chi connectivity index (χ0) is 6.27. The summed E-state index contributed by atoms with van der Waals surface area (Å²) in [7, 11) is 0. The molecule has 0 aromatic heterocycles. The molecule has 60 valence electrons. The predicted molar refractivity (Wildman–Crippen MR) is 44.4 cm³/mol. The highest BCUT2D eigenvalue weighted by Gasteiger charge is 2.31. The predicted octanol–water partition coefficient (Wildman–Crippen LogP) is 0.461. The summed E-state index contributed by atoms with van der Waals surface area (Å²) in [5.74, 6) is 0.856. The van der Waals surface area contributed by atoms with Gasteiger partial charge in [0.05, 0.1) is 0 Å². The molecular formula is C7H15ClN2. The van der Waals surface area contributed by atoms with Gasteiger partial charge in [-0.25, -0.2) is 0 Å². The quantitative estimate of drug-likeness (QED) is 0.561. The van der Waals surface area contributed by atoms with Crippen molar-refractivity contribution in [2.24, 2.45) is 11.7 Å². The molecule has 2 bridgehead atoms. The van der Waals surface area contributed by atoms with Gasteiger partial charge in [-0.1, -0.05) is 0 Å². The molecule has 3 rings (SSSR count). The van der Waals surface area contributed by atoms with Crippen molar-refractivity contribution in [1.29, 1.82) is 0 Å². The van der Waals surface area contributed by atoms with Gasteiger partial charge in [0.15, 0.2) is 0 Å². The van der Waals surface area contributed by atoms with E-state index in [1.165, 1.54) is 25.9 Å². The van der Waals surface area contributed by atoms with Crippen LogP contribution in [-0.2, 0) is 0 Å². The van der Waals surface area contributed by atoms with E-state index in [0.29, 0.717) is 6.04 Å². The maximum absolute atomic E-state index is 5.88. The molecule has 0 spiro atoms. The third-order valence-electron chi connectivity index (χ3n) is 2.71. The van der Waals surface area contributed by atoms with E-state index >= 15 is 0 Å². The van der Waals surface area contributed by atoms with Crippen molar-refractivity contribution in [2.75, 3.05) is 19.6 Å². The van der Waals surface area contributed by atoms with Crippen molar-refractivity contribution in [2.45, 2.75) is 18.9 Å². The van der Waals surface area contributed by atoms with E-state index in [1.807, 2.05) is 0 Å². The van der Waals surface area contributed by atoms with Gasteiger partial charge in [-0.05, 0) is 31.8 Å². The summed E-state index contributed by atoms with van der Waals surface area (Å²) in [6, 6.07) is 0.493. The molecule has 1 atom stereocenters. The molecule has 0 aromatic rings. The lowest BCUT2D eigenvalue weighted by molar-refractivity contribution is 0.0896. The van der Waals surface area contributed by atoms with Crippen molar-refractivity contribution in [3.63, 3.8) is 0 Å². The normalized spacial score (nSPS) is 44.7. The second kappa shape index (κ2) is 3.07. The molecule has 3 heteroatoms. The van der Waals surface area contributed by atoms with Crippen LogP contribution >= 0.6 is 12.4 Å². The fourth-order valence-electron chi connectivity index (χ4n) is 2.01. The molecule has 0 amide bonds. The topological polar surface area (TPSA) is 29.3 Å². The van der Waals surface area contributed by atoms with Crippen LogP contribution in [0.2, 0.25) is 0 Å². The Balaban J connectivity index is 0.000000500. The van der Waals surface area contributed by atoms with E-state index in [-0.39, 0.29) is 12.4 Å². The molecule has 2 N–H and O–H groups in total. The first-order chi connectivity index (χ1) is 4.36. The Kier molecular flexibility index (Phi) is 2.55. The second-order valence-electron chi connectivity index (χ2n) is 3.30. The first-order valence-electron chi connectivity index (χ1n) is 3.84. The number of halogens is 1. The van der Waals surface area contributed by atoms with Crippen LogP contribution in [0.3, 0.4) is 0 Å². The lowest BCUT2D eigenvalue weighted by Gasteiger charge is -2.43. The van der Waals surface area contributed by atoms with Crippen molar-refractivity contribution in [3.8, 4) is 0 Å². The number of fused-ring (bicyclic) bond motifs is 3. The first kappa shape index (κ1) is 8.31. The van der Waals surface area contributed by atoms with Crippen molar-refractivity contribution >= 4 is 12.4 Å². The Bertz CT molecular complexity index is 110. The minimum absolute atomic E-state index is 0. The van der Waals surface area contributed by atoms with Crippen LogP contribution in [-0.4, -0.2) is 30.6 Å². The molecule has 0 unspecified atom stereocenters. The fraction of sp³-hybridized carbons (Fsp3) is 1.00. The summed E-state index contributed by atoms with van der Waals surface area (Å²) in [6.45, 7) is 3.77. The molecule has 0 saturated carbocycles. The number of rotatable bonds is 0. The van der Waals surface area contributed by atoms with Crippen LogP contribution in [0.5, 0.6) is 0 Å². The summed E-state index contributed by atoms with van der Waals surface area (Å²) in [4.78, 5) is 2.48. The molecule has 3 saturated heterocycles. The van der Waals surface area contributed by atoms with Gasteiger partial charge in [0.2, 0.25) is 0 Å². The van der Waals surface area contributed by atoms with E-state index in [4.69, 9.17) is 5.73 Å². The molecule has 0 radical (unpaired) electrons. The number of hydrogen-bond donors (Lipinski definition) is 1. The van der Waals surface area contributed by atoms with E-state index in [9.17, 15) is 0 Å². The minimum Gasteiger partial charge on any atom is -0.326 e. The van der Waals surface area contributed by atoms with E-state index in [0.717, 1.165) is 12.5 Å².